The highest BCUT2D eigenvalue weighted by Crippen LogP contribution is 2.48. The molecule has 3 aromatic rings. The Labute approximate surface area is 245 Å². The first kappa shape index (κ1) is 29.7. The molecule has 9 nitrogen and oxygen atoms in total. The van der Waals surface area contributed by atoms with Gasteiger partial charge in [-0.3, -0.25) is 14.7 Å². The fourth-order valence-corrected chi connectivity index (χ4v) is 4.84. The third-order valence-electron chi connectivity index (χ3n) is 6.99. The van der Waals surface area contributed by atoms with E-state index in [2.05, 4.69) is 22.9 Å². The van der Waals surface area contributed by atoms with E-state index < -0.39 is 11.6 Å². The number of anilines is 1. The van der Waals surface area contributed by atoms with Crippen molar-refractivity contribution in [3.05, 3.63) is 65.2 Å². The van der Waals surface area contributed by atoms with E-state index in [9.17, 15) is 20.0 Å². The number of rotatable bonds is 5. The summed E-state index contributed by atoms with van der Waals surface area (Å²) in [6.45, 7) is 5.37. The second-order valence-electron chi connectivity index (χ2n) is 10.6. The number of ether oxygens (including phenoxy) is 2. The average molecular weight is 565 g/mol. The van der Waals surface area contributed by atoms with Gasteiger partial charge in [0.25, 0.3) is 0 Å². The Hall–Kier alpha value is -5.28. The maximum absolute atomic E-state index is 12.9. The number of carbonyl (C=O) groups is 2. The molecule has 9 heteroatoms. The van der Waals surface area contributed by atoms with Gasteiger partial charge in [-0.1, -0.05) is 42.2 Å². The molecule has 42 heavy (non-hydrogen) atoms. The maximum Gasteiger partial charge on any atom is 0.408 e. The first-order valence-electron chi connectivity index (χ1n) is 13.2. The minimum atomic E-state index is -1.08. The molecule has 2 amide bonds. The molecule has 0 atom stereocenters. The van der Waals surface area contributed by atoms with Crippen molar-refractivity contribution in [2.24, 2.45) is 4.99 Å². The van der Waals surface area contributed by atoms with Crippen molar-refractivity contribution >= 4 is 23.9 Å². The number of hydrogen-bond donors (Lipinski definition) is 1. The van der Waals surface area contributed by atoms with Gasteiger partial charge in [-0.2, -0.15) is 5.26 Å². The highest BCUT2D eigenvalue weighted by molar-refractivity contribution is 6.09. The molecule has 0 saturated carbocycles. The fraction of sp³-hybridized carbons (Fsp3) is 0.273. The van der Waals surface area contributed by atoms with Crippen molar-refractivity contribution < 1.29 is 24.2 Å². The lowest BCUT2D eigenvalue weighted by Crippen LogP contribution is -2.45. The second-order valence-corrected chi connectivity index (χ2v) is 10.6. The molecule has 0 bridgehead atoms. The molecule has 0 aromatic heterocycles. The molecule has 1 aliphatic heterocycles. The molecule has 0 unspecified atom stereocenters. The van der Waals surface area contributed by atoms with Crippen LogP contribution in [0.4, 0.5) is 10.5 Å². The monoisotopic (exact) mass is 564 g/mol. The van der Waals surface area contributed by atoms with Crippen LogP contribution in [0.25, 0.3) is 22.3 Å². The van der Waals surface area contributed by atoms with E-state index in [1.807, 2.05) is 30.3 Å². The SMILES string of the molecule is COc1cc2c(c(-c3ccc(-c4ccccc4C#N)cc3C#CCN(C(=O)O)C(C)(C)C)c1OC)N(C)C(=O)CN=C2. The summed E-state index contributed by atoms with van der Waals surface area (Å²) >= 11 is 0. The van der Waals surface area contributed by atoms with Gasteiger partial charge < -0.3 is 19.5 Å². The number of nitrogens with zero attached hydrogens (tertiary/aromatic N) is 4. The Morgan fingerprint density at radius 1 is 1.10 bits per heavy atom. The maximum atomic E-state index is 12.9. The molecule has 0 radical (unpaired) electrons. The van der Waals surface area contributed by atoms with E-state index in [4.69, 9.17) is 9.47 Å². The summed E-state index contributed by atoms with van der Waals surface area (Å²) in [5.74, 6) is 6.87. The second kappa shape index (κ2) is 12.1. The minimum Gasteiger partial charge on any atom is -0.493 e. The number of carbonyl (C=O) groups excluding carboxylic acids is 1. The number of methoxy groups -OCH3 is 2. The van der Waals surface area contributed by atoms with Gasteiger partial charge in [0.1, 0.15) is 6.54 Å². The van der Waals surface area contributed by atoms with Gasteiger partial charge in [0.05, 0.1) is 43.6 Å². The third kappa shape index (κ3) is 5.77. The largest absolute Gasteiger partial charge is 0.493 e. The molecule has 1 aliphatic rings. The zero-order chi connectivity index (χ0) is 30.6. The van der Waals surface area contributed by atoms with E-state index >= 15 is 0 Å². The van der Waals surface area contributed by atoms with E-state index in [-0.39, 0.29) is 19.0 Å². The highest BCUT2D eigenvalue weighted by Gasteiger charge is 2.29. The first-order valence-corrected chi connectivity index (χ1v) is 13.2. The predicted molar refractivity (Wildman–Crippen MR) is 162 cm³/mol. The predicted octanol–water partition coefficient (Wildman–Crippen LogP) is 5.43. The fourth-order valence-electron chi connectivity index (χ4n) is 4.84. The summed E-state index contributed by atoms with van der Waals surface area (Å²) in [5.41, 5.74) is 4.34. The normalized spacial score (nSPS) is 12.4. The number of aliphatic imine (C=N–C) groups is 1. The molecule has 0 fully saturated rings. The summed E-state index contributed by atoms with van der Waals surface area (Å²) in [7, 11) is 4.74. The van der Waals surface area contributed by atoms with Gasteiger partial charge in [0.15, 0.2) is 11.5 Å². The van der Waals surface area contributed by atoms with Crippen LogP contribution in [0.3, 0.4) is 0 Å². The van der Waals surface area contributed by atoms with Crippen molar-refractivity contribution in [3.63, 3.8) is 0 Å². The van der Waals surface area contributed by atoms with Gasteiger partial charge in [0, 0.05) is 35.5 Å². The number of hydrogen-bond acceptors (Lipinski definition) is 6. The smallest absolute Gasteiger partial charge is 0.408 e. The van der Waals surface area contributed by atoms with Crippen molar-refractivity contribution in [1.29, 1.82) is 5.26 Å². The van der Waals surface area contributed by atoms with Crippen LogP contribution >= 0.6 is 0 Å². The molecular weight excluding hydrogens is 532 g/mol. The Bertz CT molecular complexity index is 1690. The van der Waals surface area contributed by atoms with Crippen molar-refractivity contribution in [3.8, 4) is 51.7 Å². The van der Waals surface area contributed by atoms with E-state index in [1.54, 1.807) is 57.1 Å². The Morgan fingerprint density at radius 3 is 2.48 bits per heavy atom. The zero-order valence-corrected chi connectivity index (χ0v) is 24.5. The van der Waals surface area contributed by atoms with Gasteiger partial charge >= 0.3 is 6.09 Å². The standard InChI is InChI=1S/C33H32N4O5/c1-33(2,3)37(32(39)40)15-9-11-21-16-22(25-12-8-7-10-23(25)18-34)13-14-26(21)29-30-24(17-27(41-5)31(29)42-6)19-35-20-28(38)36(30)4/h7-8,10,12-14,16-17,19H,15,20H2,1-6H3,(H,39,40). The van der Waals surface area contributed by atoms with Crippen LogP contribution in [0.5, 0.6) is 11.5 Å². The molecular formula is C33H32N4O5. The molecule has 214 valence electrons. The molecule has 0 saturated heterocycles. The number of benzodiazepines with no additional fused rings is 1. The Balaban J connectivity index is 2.04. The van der Waals surface area contributed by atoms with Crippen molar-refractivity contribution in [1.82, 2.24) is 4.90 Å². The summed E-state index contributed by atoms with van der Waals surface area (Å²) in [4.78, 5) is 32.0. The highest BCUT2D eigenvalue weighted by atomic mass is 16.5. The summed E-state index contributed by atoms with van der Waals surface area (Å²) in [6.07, 6.45) is 0.562. The number of benzene rings is 3. The molecule has 1 N–H and O–H groups in total. The van der Waals surface area contributed by atoms with Crippen LogP contribution in [0, 0.1) is 23.2 Å². The van der Waals surface area contributed by atoms with Crippen LogP contribution in [-0.2, 0) is 4.79 Å². The quantitative estimate of drug-likeness (QED) is 0.413. The summed E-state index contributed by atoms with van der Waals surface area (Å²) < 4.78 is 11.5. The van der Waals surface area contributed by atoms with Crippen LogP contribution in [0.1, 0.15) is 37.5 Å². The first-order chi connectivity index (χ1) is 20.0. The van der Waals surface area contributed by atoms with Gasteiger partial charge in [-0.15, -0.1) is 0 Å². The molecule has 1 heterocycles. The van der Waals surface area contributed by atoms with Crippen LogP contribution in [0.15, 0.2) is 53.5 Å². The molecule has 4 rings (SSSR count). The minimum absolute atomic E-state index is 0.0103. The van der Waals surface area contributed by atoms with Gasteiger partial charge in [-0.25, -0.2) is 4.79 Å². The van der Waals surface area contributed by atoms with Crippen molar-refractivity contribution in [2.45, 2.75) is 26.3 Å². The zero-order valence-electron chi connectivity index (χ0n) is 24.5. The van der Waals surface area contributed by atoms with Crippen LogP contribution < -0.4 is 14.4 Å². The number of fused-ring (bicyclic) bond motifs is 1. The number of carboxylic acid groups (broad SMARTS) is 1. The lowest BCUT2D eigenvalue weighted by atomic mass is 9.90. The van der Waals surface area contributed by atoms with E-state index in [0.717, 1.165) is 11.1 Å². The van der Waals surface area contributed by atoms with Crippen LogP contribution in [-0.4, -0.2) is 68.1 Å². The molecule has 3 aromatic carbocycles. The molecule has 0 aliphatic carbocycles. The number of likely N-dealkylation sites (N-methyl/N-ethyl adjacent to an activating group) is 1. The topological polar surface area (TPSA) is 115 Å². The summed E-state index contributed by atoms with van der Waals surface area (Å²) in [5, 5.41) is 19.5. The van der Waals surface area contributed by atoms with Gasteiger partial charge in [0.2, 0.25) is 5.91 Å². The van der Waals surface area contributed by atoms with Gasteiger partial charge in [-0.05, 0) is 50.1 Å². The average Bonchev–Trinajstić information content (AvgIpc) is 3.10. The number of nitriles is 1. The molecule has 0 spiro atoms. The van der Waals surface area contributed by atoms with Crippen molar-refractivity contribution in [2.75, 3.05) is 39.3 Å². The third-order valence-corrected chi connectivity index (χ3v) is 6.99. The Morgan fingerprint density at radius 2 is 1.83 bits per heavy atom. The Kier molecular flexibility index (Phi) is 8.54. The lowest BCUT2D eigenvalue weighted by molar-refractivity contribution is -0.116. The van der Waals surface area contributed by atoms with E-state index in [0.29, 0.717) is 45.0 Å². The number of amides is 2. The van der Waals surface area contributed by atoms with E-state index in [1.165, 1.54) is 19.1 Å². The summed E-state index contributed by atoms with van der Waals surface area (Å²) in [6, 6.07) is 16.9. The van der Waals surface area contributed by atoms with Crippen LogP contribution in [0.2, 0.25) is 0 Å². The lowest BCUT2D eigenvalue weighted by Gasteiger charge is -2.31.